The lowest BCUT2D eigenvalue weighted by atomic mass is 10.0. The second-order valence-electron chi connectivity index (χ2n) is 8.05. The van der Waals surface area contributed by atoms with E-state index in [1.165, 1.54) is 24.9 Å². The minimum atomic E-state index is 0. The van der Waals surface area contributed by atoms with Crippen molar-refractivity contribution in [3.8, 4) is 0 Å². The number of halogens is 1. The summed E-state index contributed by atoms with van der Waals surface area (Å²) in [7, 11) is 6.30. The number of nitrogens with zero attached hydrogens (tertiary/aromatic N) is 4. The van der Waals surface area contributed by atoms with Crippen molar-refractivity contribution >= 4 is 29.9 Å². The number of hydrogen-bond acceptors (Lipinski definition) is 4. The minimum Gasteiger partial charge on any atom is -0.355 e. The Hall–Kier alpha value is -0.900. The Morgan fingerprint density at radius 2 is 1.89 bits per heavy atom. The molecule has 6 nitrogen and oxygen atoms in total. The maximum atomic E-state index is 4.46. The maximum absolute atomic E-state index is 4.46. The standard InChI is InChI=1S/C21H36N6.HI/c1-22-21(23-14-20-17-25(2)12-13-26(20)3)24-19-10-7-11-27(16-19)15-18-8-5-4-6-9-18;/h4-6,8-9,19-20H,7,10-17H2,1-3H3,(H2,22,23,24);1H. The number of hydrogen-bond donors (Lipinski definition) is 2. The Labute approximate surface area is 187 Å². The van der Waals surface area contributed by atoms with Crippen LogP contribution in [0.15, 0.2) is 35.3 Å². The molecule has 0 spiro atoms. The third-order valence-corrected chi connectivity index (χ3v) is 5.80. The van der Waals surface area contributed by atoms with Crippen LogP contribution < -0.4 is 10.6 Å². The first-order valence-electron chi connectivity index (χ1n) is 10.3. The van der Waals surface area contributed by atoms with Crippen molar-refractivity contribution in [2.75, 3.05) is 60.4 Å². The fourth-order valence-electron chi connectivity index (χ4n) is 4.08. The van der Waals surface area contributed by atoms with Crippen molar-refractivity contribution in [1.82, 2.24) is 25.3 Å². The SMILES string of the molecule is CN=C(NCC1CN(C)CCN1C)NC1CCCN(Cc2ccccc2)C1.I. The topological polar surface area (TPSA) is 46.1 Å². The zero-order valence-corrected chi connectivity index (χ0v) is 19.9. The fourth-order valence-corrected chi connectivity index (χ4v) is 4.08. The van der Waals surface area contributed by atoms with Crippen LogP contribution in [-0.4, -0.2) is 93.2 Å². The highest BCUT2D eigenvalue weighted by atomic mass is 127. The van der Waals surface area contributed by atoms with Crippen LogP contribution in [0.5, 0.6) is 0 Å². The molecule has 0 saturated carbocycles. The second-order valence-corrected chi connectivity index (χ2v) is 8.05. The van der Waals surface area contributed by atoms with Gasteiger partial charge in [-0.25, -0.2) is 0 Å². The highest BCUT2D eigenvalue weighted by Gasteiger charge is 2.24. The van der Waals surface area contributed by atoms with E-state index in [1.807, 2.05) is 7.05 Å². The van der Waals surface area contributed by atoms with E-state index < -0.39 is 0 Å². The summed E-state index contributed by atoms with van der Waals surface area (Å²) < 4.78 is 0. The van der Waals surface area contributed by atoms with Gasteiger partial charge >= 0.3 is 0 Å². The summed E-state index contributed by atoms with van der Waals surface area (Å²) in [6.07, 6.45) is 2.44. The number of piperidine rings is 1. The van der Waals surface area contributed by atoms with Crippen molar-refractivity contribution in [1.29, 1.82) is 0 Å². The molecule has 2 unspecified atom stereocenters. The van der Waals surface area contributed by atoms with Crippen LogP contribution in [0.25, 0.3) is 0 Å². The van der Waals surface area contributed by atoms with Crippen LogP contribution in [0.3, 0.4) is 0 Å². The summed E-state index contributed by atoms with van der Waals surface area (Å²) >= 11 is 0. The van der Waals surface area contributed by atoms with Crippen molar-refractivity contribution in [2.24, 2.45) is 4.99 Å². The number of rotatable bonds is 5. The molecule has 2 saturated heterocycles. The zero-order valence-electron chi connectivity index (χ0n) is 17.6. The van der Waals surface area contributed by atoms with Gasteiger partial charge in [-0.15, -0.1) is 24.0 Å². The maximum Gasteiger partial charge on any atom is 0.191 e. The van der Waals surface area contributed by atoms with Gasteiger partial charge in [0.25, 0.3) is 0 Å². The molecule has 1 aromatic carbocycles. The van der Waals surface area contributed by atoms with E-state index >= 15 is 0 Å². The first-order valence-corrected chi connectivity index (χ1v) is 10.3. The van der Waals surface area contributed by atoms with E-state index in [4.69, 9.17) is 0 Å². The van der Waals surface area contributed by atoms with E-state index in [2.05, 4.69) is 74.8 Å². The van der Waals surface area contributed by atoms with Gasteiger partial charge in [-0.05, 0) is 39.0 Å². The summed E-state index contributed by atoms with van der Waals surface area (Å²) in [5.74, 6) is 0.934. The van der Waals surface area contributed by atoms with Gasteiger partial charge in [0.1, 0.15) is 0 Å². The molecule has 0 amide bonds. The van der Waals surface area contributed by atoms with Crippen LogP contribution in [0.1, 0.15) is 18.4 Å². The summed E-state index contributed by atoms with van der Waals surface area (Å²) in [5.41, 5.74) is 1.39. The van der Waals surface area contributed by atoms with Crippen molar-refractivity contribution in [2.45, 2.75) is 31.5 Å². The monoisotopic (exact) mass is 500 g/mol. The molecule has 2 N–H and O–H groups in total. The van der Waals surface area contributed by atoms with Gasteiger partial charge in [0.2, 0.25) is 0 Å². The lowest BCUT2D eigenvalue weighted by Gasteiger charge is -2.38. The largest absolute Gasteiger partial charge is 0.355 e. The molecule has 0 aromatic heterocycles. The van der Waals surface area contributed by atoms with Crippen molar-refractivity contribution < 1.29 is 0 Å². The molecule has 1 aromatic rings. The predicted octanol–water partition coefficient (Wildman–Crippen LogP) is 1.68. The predicted molar refractivity (Wildman–Crippen MR) is 129 cm³/mol. The number of likely N-dealkylation sites (N-methyl/N-ethyl adjacent to an activating group) is 2. The lowest BCUT2D eigenvalue weighted by Crippen LogP contribution is -2.57. The Bertz CT molecular complexity index is 596. The lowest BCUT2D eigenvalue weighted by molar-refractivity contribution is 0.116. The molecule has 2 aliphatic rings. The number of nitrogens with one attached hydrogen (secondary N) is 2. The van der Waals surface area contributed by atoms with Crippen LogP contribution in [-0.2, 0) is 6.54 Å². The minimum absolute atomic E-state index is 0. The van der Waals surface area contributed by atoms with Crippen LogP contribution in [0, 0.1) is 0 Å². The Kier molecular flexibility index (Phi) is 9.98. The average molecular weight is 500 g/mol. The highest BCUT2D eigenvalue weighted by molar-refractivity contribution is 14.0. The third-order valence-electron chi connectivity index (χ3n) is 5.80. The molecule has 2 aliphatic heterocycles. The summed E-state index contributed by atoms with van der Waals surface area (Å²) in [5, 5.41) is 7.21. The molecular weight excluding hydrogens is 463 g/mol. The van der Waals surface area contributed by atoms with E-state index in [0.717, 1.165) is 45.2 Å². The first kappa shape index (κ1) is 23.4. The van der Waals surface area contributed by atoms with E-state index in [0.29, 0.717) is 12.1 Å². The molecule has 0 radical (unpaired) electrons. The molecule has 3 rings (SSSR count). The molecule has 0 bridgehead atoms. The Morgan fingerprint density at radius 1 is 1.11 bits per heavy atom. The Morgan fingerprint density at radius 3 is 2.64 bits per heavy atom. The number of aliphatic imine (C=N–C) groups is 1. The van der Waals surface area contributed by atoms with Gasteiger partial charge < -0.3 is 15.5 Å². The number of piperazine rings is 1. The molecule has 7 heteroatoms. The molecular formula is C21H37IN6. The van der Waals surface area contributed by atoms with Gasteiger partial charge in [0.05, 0.1) is 0 Å². The first-order chi connectivity index (χ1) is 13.1. The van der Waals surface area contributed by atoms with Gasteiger partial charge in [0, 0.05) is 58.4 Å². The molecule has 158 valence electrons. The van der Waals surface area contributed by atoms with Gasteiger partial charge in [0.15, 0.2) is 5.96 Å². The number of guanidine groups is 1. The molecule has 2 fully saturated rings. The molecule has 28 heavy (non-hydrogen) atoms. The van der Waals surface area contributed by atoms with Crippen molar-refractivity contribution in [3.63, 3.8) is 0 Å². The zero-order chi connectivity index (χ0) is 19.1. The summed E-state index contributed by atoms with van der Waals surface area (Å²) in [6.45, 7) is 7.60. The normalized spacial score (nSPS) is 25.2. The van der Waals surface area contributed by atoms with Crippen molar-refractivity contribution in [3.05, 3.63) is 35.9 Å². The summed E-state index contributed by atoms with van der Waals surface area (Å²) in [6, 6.07) is 11.8. The Balaban J connectivity index is 0.00000280. The summed E-state index contributed by atoms with van der Waals surface area (Å²) in [4.78, 5) is 11.9. The average Bonchev–Trinajstić information content (AvgIpc) is 2.68. The van der Waals surface area contributed by atoms with Gasteiger partial charge in [-0.3, -0.25) is 14.8 Å². The van der Waals surface area contributed by atoms with E-state index in [-0.39, 0.29) is 24.0 Å². The number of benzene rings is 1. The van der Waals surface area contributed by atoms with E-state index in [1.54, 1.807) is 0 Å². The van der Waals surface area contributed by atoms with Gasteiger partial charge in [-0.2, -0.15) is 0 Å². The number of likely N-dealkylation sites (tertiary alicyclic amines) is 1. The van der Waals surface area contributed by atoms with Crippen LogP contribution in [0.4, 0.5) is 0 Å². The van der Waals surface area contributed by atoms with Crippen LogP contribution >= 0.6 is 24.0 Å². The second kappa shape index (κ2) is 11.9. The van der Waals surface area contributed by atoms with E-state index in [9.17, 15) is 0 Å². The third kappa shape index (κ3) is 7.17. The molecule has 2 heterocycles. The van der Waals surface area contributed by atoms with Gasteiger partial charge in [-0.1, -0.05) is 30.3 Å². The smallest absolute Gasteiger partial charge is 0.191 e. The van der Waals surface area contributed by atoms with Crippen LogP contribution in [0.2, 0.25) is 0 Å². The molecule has 0 aliphatic carbocycles. The quantitative estimate of drug-likeness (QED) is 0.366. The molecule has 2 atom stereocenters. The highest BCUT2D eigenvalue weighted by Crippen LogP contribution is 2.13. The fraction of sp³-hybridized carbons (Fsp3) is 0.667.